The highest BCUT2D eigenvalue weighted by atomic mass is 16.6. The number of piperidine rings is 1. The van der Waals surface area contributed by atoms with E-state index in [-0.39, 0.29) is 12.1 Å². The maximum absolute atomic E-state index is 11.7. The molecule has 0 radical (unpaired) electrons. The standard InChI is InChI=1S/C18H24N6O2/c1-3-26-18(25)24-10-8-15(9-11-24)21-17-22-16(12-19-23-17)20-14-6-4-13(2)5-7-14/h4-7,12,15H,3,8-11H2,1-2H3,(H2,20,21,22,23). The van der Waals surface area contributed by atoms with Crippen molar-refractivity contribution >= 4 is 23.5 Å². The Hall–Kier alpha value is -2.90. The van der Waals surface area contributed by atoms with Crippen LogP contribution in [0.1, 0.15) is 25.3 Å². The van der Waals surface area contributed by atoms with Gasteiger partial charge in [0.05, 0.1) is 12.8 Å². The number of nitrogens with one attached hydrogen (secondary N) is 2. The molecule has 0 spiro atoms. The third kappa shape index (κ3) is 4.81. The van der Waals surface area contributed by atoms with Crippen molar-refractivity contribution in [3.05, 3.63) is 36.0 Å². The zero-order chi connectivity index (χ0) is 18.4. The summed E-state index contributed by atoms with van der Waals surface area (Å²) >= 11 is 0. The number of hydrogen-bond acceptors (Lipinski definition) is 7. The molecule has 1 aromatic heterocycles. The molecule has 1 amide bonds. The number of anilines is 3. The van der Waals surface area contributed by atoms with Gasteiger partial charge in [0.15, 0.2) is 5.82 Å². The van der Waals surface area contributed by atoms with E-state index in [0.29, 0.717) is 31.5 Å². The number of ether oxygens (including phenoxy) is 1. The molecule has 1 aliphatic heterocycles. The summed E-state index contributed by atoms with van der Waals surface area (Å²) in [6.45, 7) is 5.58. The Bertz CT molecular complexity index is 729. The predicted octanol–water partition coefficient (Wildman–Crippen LogP) is 2.96. The minimum atomic E-state index is -0.242. The number of aromatic nitrogens is 3. The minimum absolute atomic E-state index is 0.206. The SMILES string of the molecule is CCOC(=O)N1CCC(Nc2nncc(Nc3ccc(C)cc3)n2)CC1. The van der Waals surface area contributed by atoms with Crippen LogP contribution >= 0.6 is 0 Å². The first-order valence-corrected chi connectivity index (χ1v) is 8.85. The van der Waals surface area contributed by atoms with Crippen molar-refractivity contribution in [3.8, 4) is 0 Å². The topological polar surface area (TPSA) is 92.3 Å². The van der Waals surface area contributed by atoms with Crippen LogP contribution in [0, 0.1) is 6.92 Å². The molecule has 0 bridgehead atoms. The first-order valence-electron chi connectivity index (χ1n) is 8.85. The molecule has 0 saturated carbocycles. The molecular weight excluding hydrogens is 332 g/mol. The summed E-state index contributed by atoms with van der Waals surface area (Å²) in [5, 5.41) is 14.6. The quantitative estimate of drug-likeness (QED) is 0.851. The Labute approximate surface area is 153 Å². The fourth-order valence-electron chi connectivity index (χ4n) is 2.81. The van der Waals surface area contributed by atoms with Crippen LogP contribution in [0.2, 0.25) is 0 Å². The second kappa shape index (κ2) is 8.46. The van der Waals surface area contributed by atoms with Gasteiger partial charge in [-0.05, 0) is 38.8 Å². The summed E-state index contributed by atoms with van der Waals surface area (Å²) in [5.41, 5.74) is 2.15. The van der Waals surface area contributed by atoms with E-state index in [9.17, 15) is 4.79 Å². The van der Waals surface area contributed by atoms with Gasteiger partial charge in [-0.1, -0.05) is 17.7 Å². The van der Waals surface area contributed by atoms with Gasteiger partial charge in [-0.3, -0.25) is 0 Å². The van der Waals surface area contributed by atoms with Crippen LogP contribution in [0.4, 0.5) is 22.2 Å². The van der Waals surface area contributed by atoms with Crippen LogP contribution in [-0.2, 0) is 4.74 Å². The molecule has 1 aliphatic rings. The molecule has 8 heteroatoms. The fourth-order valence-corrected chi connectivity index (χ4v) is 2.81. The van der Waals surface area contributed by atoms with Gasteiger partial charge >= 0.3 is 6.09 Å². The lowest BCUT2D eigenvalue weighted by Gasteiger charge is -2.31. The van der Waals surface area contributed by atoms with Gasteiger partial charge < -0.3 is 20.3 Å². The monoisotopic (exact) mass is 356 g/mol. The van der Waals surface area contributed by atoms with Gasteiger partial charge in [-0.2, -0.15) is 10.1 Å². The number of nitrogens with zero attached hydrogens (tertiary/aromatic N) is 4. The number of carbonyl (C=O) groups is 1. The van der Waals surface area contributed by atoms with Crippen molar-refractivity contribution in [2.24, 2.45) is 0 Å². The third-order valence-corrected chi connectivity index (χ3v) is 4.24. The van der Waals surface area contributed by atoms with E-state index in [1.165, 1.54) is 5.56 Å². The molecule has 0 atom stereocenters. The molecule has 1 aromatic carbocycles. The lowest BCUT2D eigenvalue weighted by molar-refractivity contribution is 0.0983. The molecule has 138 valence electrons. The first-order chi connectivity index (χ1) is 12.6. The number of amides is 1. The average Bonchev–Trinajstić information content (AvgIpc) is 2.65. The number of likely N-dealkylation sites (tertiary alicyclic amines) is 1. The molecule has 1 saturated heterocycles. The first kappa shape index (κ1) is 17.9. The number of carbonyl (C=O) groups excluding carboxylic acids is 1. The third-order valence-electron chi connectivity index (χ3n) is 4.24. The van der Waals surface area contributed by atoms with E-state index in [4.69, 9.17) is 4.74 Å². The normalized spacial score (nSPS) is 14.8. The van der Waals surface area contributed by atoms with Crippen molar-refractivity contribution in [2.45, 2.75) is 32.7 Å². The molecule has 26 heavy (non-hydrogen) atoms. The van der Waals surface area contributed by atoms with E-state index in [1.54, 1.807) is 11.1 Å². The summed E-state index contributed by atoms with van der Waals surface area (Å²) in [4.78, 5) is 17.9. The van der Waals surface area contributed by atoms with E-state index in [0.717, 1.165) is 18.5 Å². The lowest BCUT2D eigenvalue weighted by Crippen LogP contribution is -2.42. The maximum atomic E-state index is 11.7. The summed E-state index contributed by atoms with van der Waals surface area (Å²) in [6.07, 6.45) is 2.98. The van der Waals surface area contributed by atoms with Crippen molar-refractivity contribution in [1.82, 2.24) is 20.1 Å². The highest BCUT2D eigenvalue weighted by molar-refractivity contribution is 5.67. The smallest absolute Gasteiger partial charge is 0.409 e. The van der Waals surface area contributed by atoms with Crippen molar-refractivity contribution in [3.63, 3.8) is 0 Å². The van der Waals surface area contributed by atoms with E-state index < -0.39 is 0 Å². The Morgan fingerprint density at radius 3 is 2.69 bits per heavy atom. The van der Waals surface area contributed by atoms with Gasteiger partial charge in [-0.15, -0.1) is 5.10 Å². The molecule has 8 nitrogen and oxygen atoms in total. The summed E-state index contributed by atoms with van der Waals surface area (Å²) in [5.74, 6) is 1.12. The zero-order valence-electron chi connectivity index (χ0n) is 15.1. The van der Waals surface area contributed by atoms with Crippen LogP contribution < -0.4 is 10.6 Å². The largest absolute Gasteiger partial charge is 0.450 e. The summed E-state index contributed by atoms with van der Waals surface area (Å²) in [7, 11) is 0. The minimum Gasteiger partial charge on any atom is -0.450 e. The number of hydrogen-bond donors (Lipinski definition) is 2. The molecule has 2 N–H and O–H groups in total. The van der Waals surface area contributed by atoms with Gasteiger partial charge in [0.1, 0.15) is 0 Å². The summed E-state index contributed by atoms with van der Waals surface area (Å²) < 4.78 is 5.04. The van der Waals surface area contributed by atoms with Crippen LogP contribution in [-0.4, -0.2) is 51.9 Å². The maximum Gasteiger partial charge on any atom is 0.409 e. The number of aryl methyl sites for hydroxylation is 1. The molecule has 1 fully saturated rings. The lowest BCUT2D eigenvalue weighted by atomic mass is 10.1. The summed E-state index contributed by atoms with van der Waals surface area (Å²) in [6, 6.07) is 8.27. The van der Waals surface area contributed by atoms with E-state index >= 15 is 0 Å². The highest BCUT2D eigenvalue weighted by Gasteiger charge is 2.24. The average molecular weight is 356 g/mol. The van der Waals surface area contributed by atoms with Crippen LogP contribution in [0.25, 0.3) is 0 Å². The Kier molecular flexibility index (Phi) is 5.83. The zero-order valence-corrected chi connectivity index (χ0v) is 15.1. The fraction of sp³-hybridized carbons (Fsp3) is 0.444. The number of benzene rings is 1. The van der Waals surface area contributed by atoms with Crippen LogP contribution in [0.15, 0.2) is 30.5 Å². The number of rotatable bonds is 5. The van der Waals surface area contributed by atoms with Crippen molar-refractivity contribution in [2.75, 3.05) is 30.3 Å². The second-order valence-corrected chi connectivity index (χ2v) is 6.26. The Balaban J connectivity index is 1.54. The van der Waals surface area contributed by atoms with Gasteiger partial charge in [-0.25, -0.2) is 4.79 Å². The van der Waals surface area contributed by atoms with Gasteiger partial charge in [0.2, 0.25) is 5.95 Å². The van der Waals surface area contributed by atoms with Gasteiger partial charge in [0, 0.05) is 24.8 Å². The van der Waals surface area contributed by atoms with Crippen molar-refractivity contribution < 1.29 is 9.53 Å². The molecule has 3 rings (SSSR count). The highest BCUT2D eigenvalue weighted by Crippen LogP contribution is 2.17. The Morgan fingerprint density at radius 1 is 1.27 bits per heavy atom. The predicted molar refractivity (Wildman–Crippen MR) is 99.5 cm³/mol. The van der Waals surface area contributed by atoms with Crippen LogP contribution in [0.3, 0.4) is 0 Å². The second-order valence-electron chi connectivity index (χ2n) is 6.26. The van der Waals surface area contributed by atoms with E-state index in [2.05, 4.69) is 25.8 Å². The van der Waals surface area contributed by atoms with Crippen LogP contribution in [0.5, 0.6) is 0 Å². The molecule has 2 heterocycles. The molecule has 2 aromatic rings. The van der Waals surface area contributed by atoms with Gasteiger partial charge in [0.25, 0.3) is 0 Å². The Morgan fingerprint density at radius 2 is 2.00 bits per heavy atom. The molecule has 0 aliphatic carbocycles. The van der Waals surface area contributed by atoms with E-state index in [1.807, 2.05) is 38.1 Å². The van der Waals surface area contributed by atoms with Crippen molar-refractivity contribution in [1.29, 1.82) is 0 Å². The molecule has 0 unspecified atom stereocenters. The molecular formula is C18H24N6O2.